The van der Waals surface area contributed by atoms with Crippen LogP contribution < -0.4 is 5.32 Å². The molecule has 4 heteroatoms. The Balaban J connectivity index is 1.82. The average molecular weight is 239 g/mol. The lowest BCUT2D eigenvalue weighted by molar-refractivity contribution is -0.139. The lowest BCUT2D eigenvalue weighted by Crippen LogP contribution is -2.52. The van der Waals surface area contributed by atoms with E-state index in [-0.39, 0.29) is 24.7 Å². The number of carboxylic acid groups (broad SMARTS) is 1. The van der Waals surface area contributed by atoms with Crippen molar-refractivity contribution < 1.29 is 14.7 Å². The molecule has 0 radical (unpaired) electrons. The van der Waals surface area contributed by atoms with Crippen molar-refractivity contribution in [3.05, 3.63) is 0 Å². The first-order valence-corrected chi connectivity index (χ1v) is 6.67. The minimum absolute atomic E-state index is 0.0366. The number of piperidine rings is 1. The summed E-state index contributed by atoms with van der Waals surface area (Å²) in [6.45, 7) is 0. The molecule has 2 aliphatic rings. The van der Waals surface area contributed by atoms with E-state index in [2.05, 4.69) is 5.32 Å². The van der Waals surface area contributed by atoms with Gasteiger partial charge in [0.05, 0.1) is 12.5 Å². The number of nitrogens with one attached hydrogen (secondary N) is 1. The normalized spacial score (nSPS) is 32.8. The summed E-state index contributed by atoms with van der Waals surface area (Å²) in [5.41, 5.74) is 0. The number of Topliss-reactive ketones (excluding diaryl/α,β-unsaturated/α-hetero) is 1. The van der Waals surface area contributed by atoms with Crippen LogP contribution in [0, 0.1) is 5.92 Å². The molecule has 1 aliphatic heterocycles. The number of ketones is 1. The summed E-state index contributed by atoms with van der Waals surface area (Å²) in [7, 11) is 0. The first-order chi connectivity index (χ1) is 8.16. The molecule has 1 saturated heterocycles. The summed E-state index contributed by atoms with van der Waals surface area (Å²) in [4.78, 5) is 22.3. The van der Waals surface area contributed by atoms with Crippen molar-refractivity contribution in [3.63, 3.8) is 0 Å². The molecule has 2 rings (SSSR count). The smallest absolute Gasteiger partial charge is 0.303 e. The van der Waals surface area contributed by atoms with Crippen molar-refractivity contribution >= 4 is 11.8 Å². The molecule has 0 spiro atoms. The van der Waals surface area contributed by atoms with Crippen molar-refractivity contribution in [2.45, 2.75) is 63.5 Å². The molecular formula is C13H21NO3. The predicted molar refractivity (Wildman–Crippen MR) is 63.8 cm³/mol. The maximum atomic E-state index is 11.9. The number of aliphatic carboxylic acids is 1. The van der Waals surface area contributed by atoms with Crippen LogP contribution in [-0.2, 0) is 9.59 Å². The highest BCUT2D eigenvalue weighted by Gasteiger charge is 2.34. The maximum absolute atomic E-state index is 11.9. The van der Waals surface area contributed by atoms with Crippen LogP contribution >= 0.6 is 0 Å². The molecule has 2 N–H and O–H groups in total. The highest BCUT2D eigenvalue weighted by Crippen LogP contribution is 2.32. The average Bonchev–Trinajstić information content (AvgIpc) is 2.35. The Morgan fingerprint density at radius 1 is 1.06 bits per heavy atom. The van der Waals surface area contributed by atoms with Crippen LogP contribution in [0.5, 0.6) is 0 Å². The fraction of sp³-hybridized carbons (Fsp3) is 0.846. The number of rotatable bonds is 4. The van der Waals surface area contributed by atoms with Gasteiger partial charge in [0.1, 0.15) is 5.78 Å². The molecule has 3 unspecified atom stereocenters. The molecule has 0 aromatic rings. The van der Waals surface area contributed by atoms with Gasteiger partial charge in [0.15, 0.2) is 0 Å². The van der Waals surface area contributed by atoms with Crippen molar-refractivity contribution in [2.75, 3.05) is 0 Å². The van der Waals surface area contributed by atoms with E-state index in [0.29, 0.717) is 6.04 Å². The van der Waals surface area contributed by atoms with Crippen molar-refractivity contribution in [1.29, 1.82) is 0 Å². The van der Waals surface area contributed by atoms with Crippen molar-refractivity contribution in [2.24, 2.45) is 5.92 Å². The van der Waals surface area contributed by atoms with Gasteiger partial charge in [0.25, 0.3) is 0 Å². The van der Waals surface area contributed by atoms with E-state index < -0.39 is 5.97 Å². The first-order valence-electron chi connectivity index (χ1n) is 6.67. The Hall–Kier alpha value is -0.900. The zero-order valence-electron chi connectivity index (χ0n) is 10.2. The molecule has 17 heavy (non-hydrogen) atoms. The monoisotopic (exact) mass is 239 g/mol. The second-order valence-electron chi connectivity index (χ2n) is 5.31. The highest BCUT2D eigenvalue weighted by atomic mass is 16.4. The van der Waals surface area contributed by atoms with Gasteiger partial charge in [-0.1, -0.05) is 12.8 Å². The lowest BCUT2D eigenvalue weighted by atomic mass is 9.77. The molecule has 0 aromatic heterocycles. The zero-order valence-corrected chi connectivity index (χ0v) is 10.2. The molecule has 1 saturated carbocycles. The van der Waals surface area contributed by atoms with Gasteiger partial charge in [-0.2, -0.15) is 0 Å². The van der Waals surface area contributed by atoms with Crippen LogP contribution in [0.1, 0.15) is 51.4 Å². The Kier molecular flexibility index (Phi) is 4.15. The van der Waals surface area contributed by atoms with Gasteiger partial charge >= 0.3 is 5.97 Å². The largest absolute Gasteiger partial charge is 0.481 e. The summed E-state index contributed by atoms with van der Waals surface area (Å²) < 4.78 is 0. The van der Waals surface area contributed by atoms with E-state index in [1.165, 1.54) is 25.7 Å². The predicted octanol–water partition coefficient (Wildman–Crippen LogP) is 1.73. The number of hydrogen-bond acceptors (Lipinski definition) is 3. The lowest BCUT2D eigenvalue weighted by Gasteiger charge is -2.40. The summed E-state index contributed by atoms with van der Waals surface area (Å²) in [5, 5.41) is 12.0. The van der Waals surface area contributed by atoms with E-state index in [4.69, 9.17) is 5.11 Å². The molecule has 0 aromatic carbocycles. The van der Waals surface area contributed by atoms with Crippen LogP contribution in [0.2, 0.25) is 0 Å². The molecule has 2 fully saturated rings. The van der Waals surface area contributed by atoms with Gasteiger partial charge in [0.2, 0.25) is 0 Å². The maximum Gasteiger partial charge on any atom is 0.303 e. The van der Waals surface area contributed by atoms with Crippen LogP contribution in [0.4, 0.5) is 0 Å². The summed E-state index contributed by atoms with van der Waals surface area (Å²) in [6.07, 6.45) is 7.18. The van der Waals surface area contributed by atoms with Crippen molar-refractivity contribution in [1.82, 2.24) is 5.32 Å². The zero-order chi connectivity index (χ0) is 12.3. The number of carbonyl (C=O) groups is 2. The molecule has 0 bridgehead atoms. The van der Waals surface area contributed by atoms with Gasteiger partial charge in [-0.15, -0.1) is 0 Å². The fourth-order valence-electron chi connectivity index (χ4n) is 3.15. The fourth-order valence-corrected chi connectivity index (χ4v) is 3.15. The molecule has 4 nitrogen and oxygen atoms in total. The van der Waals surface area contributed by atoms with Gasteiger partial charge in [-0.25, -0.2) is 0 Å². The Morgan fingerprint density at radius 2 is 1.82 bits per heavy atom. The second kappa shape index (κ2) is 5.63. The van der Waals surface area contributed by atoms with Crippen LogP contribution in [-0.4, -0.2) is 28.9 Å². The van der Waals surface area contributed by atoms with Crippen LogP contribution in [0.15, 0.2) is 0 Å². The molecular weight excluding hydrogens is 218 g/mol. The molecule has 1 heterocycles. The summed E-state index contributed by atoms with van der Waals surface area (Å²) in [6, 6.07) is 0.407. The quantitative estimate of drug-likeness (QED) is 0.784. The Labute approximate surface area is 102 Å². The summed E-state index contributed by atoms with van der Waals surface area (Å²) >= 11 is 0. The minimum atomic E-state index is -0.885. The number of hydrogen-bond donors (Lipinski definition) is 2. The third kappa shape index (κ3) is 3.28. The van der Waals surface area contributed by atoms with E-state index in [0.717, 1.165) is 18.8 Å². The van der Waals surface area contributed by atoms with Crippen LogP contribution in [0.25, 0.3) is 0 Å². The first kappa shape index (κ1) is 12.6. The van der Waals surface area contributed by atoms with E-state index in [1.807, 2.05) is 0 Å². The Morgan fingerprint density at radius 3 is 2.59 bits per heavy atom. The second-order valence-corrected chi connectivity index (χ2v) is 5.31. The standard InChI is InChI=1S/C13H21NO3/c15-12(7-8-13(16)17)11-6-5-9-3-1-2-4-10(9)14-11/h9-11,14H,1-8H2,(H,16,17). The topological polar surface area (TPSA) is 66.4 Å². The third-order valence-electron chi connectivity index (χ3n) is 4.12. The van der Waals surface area contributed by atoms with Crippen LogP contribution in [0.3, 0.4) is 0 Å². The summed E-state index contributed by atoms with van der Waals surface area (Å²) in [5.74, 6) is -0.0617. The van der Waals surface area contributed by atoms with E-state index in [1.54, 1.807) is 0 Å². The highest BCUT2D eigenvalue weighted by molar-refractivity contribution is 5.86. The van der Waals surface area contributed by atoms with Gasteiger partial charge in [-0.05, 0) is 31.6 Å². The Bertz CT molecular complexity index is 303. The molecule has 0 amide bonds. The number of carboxylic acids is 1. The van der Waals surface area contributed by atoms with Crippen molar-refractivity contribution in [3.8, 4) is 0 Å². The van der Waals surface area contributed by atoms with Gasteiger partial charge in [-0.3, -0.25) is 9.59 Å². The van der Waals surface area contributed by atoms with Gasteiger partial charge in [0, 0.05) is 12.5 Å². The number of carbonyl (C=O) groups excluding carboxylic acids is 1. The minimum Gasteiger partial charge on any atom is -0.481 e. The van der Waals surface area contributed by atoms with E-state index in [9.17, 15) is 9.59 Å². The van der Waals surface area contributed by atoms with E-state index >= 15 is 0 Å². The SMILES string of the molecule is O=C(O)CCC(=O)C1CCC2CCCCC2N1. The molecule has 96 valence electrons. The number of fused-ring (bicyclic) bond motifs is 1. The van der Waals surface area contributed by atoms with Gasteiger partial charge < -0.3 is 10.4 Å². The molecule has 1 aliphatic carbocycles. The third-order valence-corrected chi connectivity index (χ3v) is 4.12. The molecule has 3 atom stereocenters.